The Morgan fingerprint density at radius 1 is 1.00 bits per heavy atom. The van der Waals surface area contributed by atoms with E-state index in [-0.39, 0.29) is 11.3 Å². The lowest BCUT2D eigenvalue weighted by Gasteiger charge is -2.25. The van der Waals surface area contributed by atoms with Crippen molar-refractivity contribution in [2.75, 3.05) is 7.05 Å². The highest BCUT2D eigenvalue weighted by atomic mass is 35.5. The maximum atomic E-state index is 13.0. The highest BCUT2D eigenvalue weighted by molar-refractivity contribution is 7.89. The first-order valence-corrected chi connectivity index (χ1v) is 11.4. The van der Waals surface area contributed by atoms with Gasteiger partial charge in [-0.3, -0.25) is 4.79 Å². The molecule has 0 amide bonds. The maximum Gasteiger partial charge on any atom is 0.322 e. The summed E-state index contributed by atoms with van der Waals surface area (Å²) in [6, 6.07) is 17.9. The van der Waals surface area contributed by atoms with Crippen molar-refractivity contribution >= 4 is 39.2 Å². The molecule has 0 aliphatic carbocycles. The van der Waals surface area contributed by atoms with Gasteiger partial charge in [-0.15, -0.1) is 0 Å². The van der Waals surface area contributed by atoms with Crippen molar-refractivity contribution in [2.24, 2.45) is 0 Å². The Morgan fingerprint density at radius 3 is 2.23 bits per heavy atom. The lowest BCUT2D eigenvalue weighted by Crippen LogP contribution is -2.43. The molecule has 0 saturated carbocycles. The second-order valence-electron chi connectivity index (χ2n) is 6.70. The lowest BCUT2D eigenvalue weighted by atomic mass is 10.0. The molecule has 0 heterocycles. The Balaban J connectivity index is 1.93. The van der Waals surface area contributed by atoms with Crippen LogP contribution in [0.15, 0.2) is 77.7 Å². The first kappa shape index (κ1) is 23.1. The SMILES string of the molecule is CN(C(Cc1cc(Cl)ccc1Oc1ccccc1)C(=O)O)S(=O)(=O)c1ccc(Cl)cc1. The molecule has 162 valence electrons. The number of para-hydroxylation sites is 1. The van der Waals surface area contributed by atoms with E-state index in [1.165, 1.54) is 31.3 Å². The van der Waals surface area contributed by atoms with Crippen molar-refractivity contribution in [1.29, 1.82) is 0 Å². The third-order valence-electron chi connectivity index (χ3n) is 4.62. The van der Waals surface area contributed by atoms with E-state index in [0.29, 0.717) is 27.1 Å². The molecule has 9 heteroatoms. The van der Waals surface area contributed by atoms with Gasteiger partial charge in [0.2, 0.25) is 10.0 Å². The fraction of sp³-hybridized carbons (Fsp3) is 0.136. The van der Waals surface area contributed by atoms with Crippen molar-refractivity contribution < 1.29 is 23.1 Å². The number of aliphatic carboxylic acids is 1. The molecule has 3 rings (SSSR count). The van der Waals surface area contributed by atoms with Crippen molar-refractivity contribution in [3.63, 3.8) is 0 Å². The van der Waals surface area contributed by atoms with E-state index < -0.39 is 22.0 Å². The molecule has 0 aromatic heterocycles. The fourth-order valence-electron chi connectivity index (χ4n) is 2.94. The topological polar surface area (TPSA) is 83.9 Å². The highest BCUT2D eigenvalue weighted by Gasteiger charge is 2.33. The molecule has 1 N–H and O–H groups in total. The molecule has 1 unspecified atom stereocenters. The quantitative estimate of drug-likeness (QED) is 0.485. The van der Waals surface area contributed by atoms with Crippen LogP contribution >= 0.6 is 23.2 Å². The van der Waals surface area contributed by atoms with Crippen LogP contribution in [0.5, 0.6) is 11.5 Å². The summed E-state index contributed by atoms with van der Waals surface area (Å²) >= 11 is 11.9. The molecule has 1 atom stereocenters. The molecule has 6 nitrogen and oxygen atoms in total. The van der Waals surface area contributed by atoms with E-state index >= 15 is 0 Å². The van der Waals surface area contributed by atoms with Gasteiger partial charge in [-0.05, 0) is 60.2 Å². The van der Waals surface area contributed by atoms with E-state index in [4.69, 9.17) is 27.9 Å². The molecule has 31 heavy (non-hydrogen) atoms. The molecule has 0 radical (unpaired) electrons. The molecule has 0 spiro atoms. The van der Waals surface area contributed by atoms with E-state index in [9.17, 15) is 18.3 Å². The van der Waals surface area contributed by atoms with Gasteiger partial charge in [-0.1, -0.05) is 41.4 Å². The minimum absolute atomic E-state index is 0.0579. The number of sulfonamides is 1. The Morgan fingerprint density at radius 2 is 1.61 bits per heavy atom. The van der Waals surface area contributed by atoms with Gasteiger partial charge in [-0.2, -0.15) is 4.31 Å². The number of hydrogen-bond donors (Lipinski definition) is 1. The van der Waals surface area contributed by atoms with E-state index in [1.54, 1.807) is 42.5 Å². The number of rotatable bonds is 8. The summed E-state index contributed by atoms with van der Waals surface area (Å²) in [6.07, 6.45) is -0.151. The second-order valence-corrected chi connectivity index (χ2v) is 9.57. The zero-order valence-electron chi connectivity index (χ0n) is 16.4. The van der Waals surface area contributed by atoms with Crippen molar-refractivity contribution in [3.8, 4) is 11.5 Å². The summed E-state index contributed by atoms with van der Waals surface area (Å²) in [4.78, 5) is 12.0. The molecular formula is C22H19Cl2NO5S. The van der Waals surface area contributed by atoms with Gasteiger partial charge < -0.3 is 9.84 Å². The van der Waals surface area contributed by atoms with Gasteiger partial charge in [-0.25, -0.2) is 8.42 Å². The van der Waals surface area contributed by atoms with Crippen LogP contribution in [0.4, 0.5) is 0 Å². The van der Waals surface area contributed by atoms with Gasteiger partial charge in [0.25, 0.3) is 0 Å². The van der Waals surface area contributed by atoms with Crippen LogP contribution in [0.2, 0.25) is 10.0 Å². The molecule has 0 fully saturated rings. The van der Waals surface area contributed by atoms with Crippen LogP contribution in [0.25, 0.3) is 0 Å². The smallest absolute Gasteiger partial charge is 0.322 e. The minimum atomic E-state index is -4.08. The number of ether oxygens (including phenoxy) is 1. The van der Waals surface area contributed by atoms with Crippen LogP contribution in [-0.4, -0.2) is 36.9 Å². The largest absolute Gasteiger partial charge is 0.480 e. The molecule has 3 aromatic rings. The Labute approximate surface area is 190 Å². The number of nitrogens with zero attached hydrogens (tertiary/aromatic N) is 1. The first-order valence-electron chi connectivity index (χ1n) is 9.16. The third kappa shape index (κ3) is 5.57. The average molecular weight is 480 g/mol. The zero-order valence-corrected chi connectivity index (χ0v) is 18.7. The Kier molecular flexibility index (Phi) is 7.23. The van der Waals surface area contributed by atoms with Gasteiger partial charge in [0, 0.05) is 23.5 Å². The number of carboxylic acid groups (broad SMARTS) is 1. The van der Waals surface area contributed by atoms with Crippen LogP contribution < -0.4 is 4.74 Å². The van der Waals surface area contributed by atoms with Gasteiger partial charge in [0.1, 0.15) is 17.5 Å². The normalized spacial score (nSPS) is 12.5. The standard InChI is InChI=1S/C22H19Cl2NO5S/c1-25(31(28,29)19-10-7-16(23)8-11-19)20(22(26)27)14-15-13-17(24)9-12-21(15)30-18-5-3-2-4-6-18/h2-13,20H,14H2,1H3,(H,26,27). The molecule has 0 aliphatic rings. The van der Waals surface area contributed by atoms with Crippen LogP contribution in [0, 0.1) is 0 Å². The van der Waals surface area contributed by atoms with Crippen LogP contribution in [-0.2, 0) is 21.2 Å². The van der Waals surface area contributed by atoms with Gasteiger partial charge in [0.05, 0.1) is 4.90 Å². The van der Waals surface area contributed by atoms with Gasteiger partial charge in [0.15, 0.2) is 0 Å². The summed E-state index contributed by atoms with van der Waals surface area (Å²) in [5, 5.41) is 10.6. The molecular weight excluding hydrogens is 461 g/mol. The monoisotopic (exact) mass is 479 g/mol. The molecule has 0 bridgehead atoms. The second kappa shape index (κ2) is 9.70. The van der Waals surface area contributed by atoms with Crippen LogP contribution in [0.3, 0.4) is 0 Å². The van der Waals surface area contributed by atoms with E-state index in [2.05, 4.69) is 0 Å². The number of carbonyl (C=O) groups is 1. The van der Waals surface area contributed by atoms with Crippen molar-refractivity contribution in [1.82, 2.24) is 4.31 Å². The summed E-state index contributed by atoms with van der Waals surface area (Å²) < 4.78 is 32.7. The highest BCUT2D eigenvalue weighted by Crippen LogP contribution is 2.30. The minimum Gasteiger partial charge on any atom is -0.480 e. The predicted octanol–water partition coefficient (Wildman–Crippen LogP) is 5.10. The number of carboxylic acids is 1. The Bertz CT molecular complexity index is 1170. The first-order chi connectivity index (χ1) is 14.7. The van der Waals surface area contributed by atoms with Crippen molar-refractivity contribution in [3.05, 3.63) is 88.4 Å². The number of halogens is 2. The maximum absolute atomic E-state index is 13.0. The average Bonchev–Trinajstić information content (AvgIpc) is 2.74. The molecule has 0 aliphatic heterocycles. The number of hydrogen-bond acceptors (Lipinski definition) is 4. The lowest BCUT2D eigenvalue weighted by molar-refractivity contribution is -0.141. The zero-order chi connectivity index (χ0) is 22.6. The Hall–Kier alpha value is -2.58. The predicted molar refractivity (Wildman–Crippen MR) is 119 cm³/mol. The summed E-state index contributed by atoms with van der Waals surface area (Å²) in [5.41, 5.74) is 0.460. The van der Waals surface area contributed by atoms with Crippen LogP contribution in [0.1, 0.15) is 5.56 Å². The number of likely N-dealkylation sites (N-methyl/N-ethyl adjacent to an activating group) is 1. The van der Waals surface area contributed by atoms with Crippen molar-refractivity contribution in [2.45, 2.75) is 17.4 Å². The van der Waals surface area contributed by atoms with E-state index in [1.807, 2.05) is 6.07 Å². The van der Waals surface area contributed by atoms with E-state index in [0.717, 1.165) is 4.31 Å². The summed E-state index contributed by atoms with van der Waals surface area (Å²) in [5.74, 6) is -0.357. The summed E-state index contributed by atoms with van der Waals surface area (Å²) in [6.45, 7) is 0. The summed E-state index contributed by atoms with van der Waals surface area (Å²) in [7, 11) is -2.85. The molecule has 0 saturated heterocycles. The fourth-order valence-corrected chi connectivity index (χ4v) is 4.58. The van der Waals surface area contributed by atoms with Gasteiger partial charge >= 0.3 is 5.97 Å². The molecule has 3 aromatic carbocycles. The third-order valence-corrected chi connectivity index (χ3v) is 6.99. The number of benzene rings is 3.